The molecular weight excluding hydrogens is 176 g/mol. The minimum Gasteiger partial charge on any atom is -0.307 e. The van der Waals surface area contributed by atoms with Crippen molar-refractivity contribution in [1.82, 2.24) is 5.32 Å². The summed E-state index contributed by atoms with van der Waals surface area (Å²) >= 11 is 0. The first-order valence-corrected chi connectivity index (χ1v) is 5.27. The number of Topliss-reactive ketones (excluding diaryl/α,β-unsaturated/α-hetero) is 1. The van der Waals surface area contributed by atoms with Gasteiger partial charge in [-0.1, -0.05) is 6.08 Å². The summed E-state index contributed by atoms with van der Waals surface area (Å²) in [5, 5.41) is 3.33. The van der Waals surface area contributed by atoms with Gasteiger partial charge in [-0.25, -0.2) is 0 Å². The average molecular weight is 190 g/mol. The zero-order chi connectivity index (χ0) is 9.60. The molecule has 1 spiro atoms. The second-order valence-corrected chi connectivity index (χ2v) is 4.62. The fourth-order valence-corrected chi connectivity index (χ4v) is 3.10. The summed E-state index contributed by atoms with van der Waals surface area (Å²) in [6.45, 7) is 0.966. The Morgan fingerprint density at radius 2 is 2.50 bits per heavy atom. The van der Waals surface area contributed by atoms with Crippen LogP contribution in [-0.2, 0) is 4.79 Å². The molecule has 1 N–H and O–H groups in total. The smallest absolute Gasteiger partial charge is 0.151 e. The normalized spacial score (nSPS) is 45.0. The van der Waals surface area contributed by atoms with E-state index < -0.39 is 0 Å². The molecule has 3 nitrogen and oxygen atoms in total. The van der Waals surface area contributed by atoms with Crippen LogP contribution in [0.5, 0.6) is 0 Å². The van der Waals surface area contributed by atoms with E-state index in [1.807, 2.05) is 12.4 Å². The van der Waals surface area contributed by atoms with E-state index in [1.54, 1.807) is 0 Å². The number of hydrogen-bond acceptors (Lipinski definition) is 3. The topological polar surface area (TPSA) is 41.5 Å². The summed E-state index contributed by atoms with van der Waals surface area (Å²) in [5.41, 5.74) is 0.0799. The molecule has 0 aromatic heterocycles. The lowest BCUT2D eigenvalue weighted by molar-refractivity contribution is -0.125. The highest BCUT2D eigenvalue weighted by molar-refractivity contribution is 5.90. The Hall–Kier alpha value is -0.960. The molecule has 1 saturated carbocycles. The van der Waals surface area contributed by atoms with E-state index in [-0.39, 0.29) is 11.5 Å². The summed E-state index contributed by atoms with van der Waals surface area (Å²) in [7, 11) is 0. The summed E-state index contributed by atoms with van der Waals surface area (Å²) in [6, 6.07) is 0.0664. The van der Waals surface area contributed by atoms with Crippen molar-refractivity contribution in [3.05, 3.63) is 12.3 Å². The molecular formula is C11H14N2O. The molecule has 3 aliphatic rings. The minimum atomic E-state index is 0.0664. The second-order valence-electron chi connectivity index (χ2n) is 4.62. The molecule has 1 saturated heterocycles. The molecule has 0 radical (unpaired) electrons. The Morgan fingerprint density at radius 1 is 1.57 bits per heavy atom. The summed E-state index contributed by atoms with van der Waals surface area (Å²) in [4.78, 5) is 16.1. The van der Waals surface area contributed by atoms with E-state index in [0.29, 0.717) is 18.1 Å². The van der Waals surface area contributed by atoms with E-state index in [4.69, 9.17) is 0 Å². The quantitative estimate of drug-likeness (QED) is 0.617. The van der Waals surface area contributed by atoms with Gasteiger partial charge in [0.15, 0.2) is 5.78 Å². The first kappa shape index (κ1) is 8.36. The predicted octanol–water partition coefficient (Wildman–Crippen LogP) is 0.912. The highest BCUT2D eigenvalue weighted by atomic mass is 16.1. The number of aliphatic imine (C=N–C) groups is 1. The molecule has 74 valence electrons. The Labute approximate surface area is 83.3 Å². The number of fused-ring (bicyclic) bond motifs is 1. The third kappa shape index (κ3) is 1.02. The van der Waals surface area contributed by atoms with Crippen molar-refractivity contribution < 1.29 is 4.79 Å². The average Bonchev–Trinajstić information content (AvgIpc) is 2.48. The van der Waals surface area contributed by atoms with E-state index in [2.05, 4.69) is 16.4 Å². The zero-order valence-electron chi connectivity index (χ0n) is 8.07. The SMILES string of the molecule is O=C1CC2C=NC=CC3(CCNC13)C2. The van der Waals surface area contributed by atoms with Gasteiger partial charge in [-0.15, -0.1) is 0 Å². The number of carbonyl (C=O) groups excluding carboxylic acids is 1. The lowest BCUT2D eigenvalue weighted by atomic mass is 9.67. The second kappa shape index (κ2) is 2.76. The van der Waals surface area contributed by atoms with Crippen LogP contribution in [0.1, 0.15) is 19.3 Å². The molecule has 14 heavy (non-hydrogen) atoms. The molecule has 2 heterocycles. The summed E-state index contributed by atoms with van der Waals surface area (Å²) in [6.07, 6.45) is 8.81. The van der Waals surface area contributed by atoms with Crippen LogP contribution in [0.2, 0.25) is 0 Å². The zero-order valence-corrected chi connectivity index (χ0v) is 8.07. The van der Waals surface area contributed by atoms with E-state index in [1.165, 1.54) is 0 Å². The number of hydrogen-bond donors (Lipinski definition) is 1. The number of ketones is 1. The highest BCUT2D eigenvalue weighted by Crippen LogP contribution is 2.45. The van der Waals surface area contributed by atoms with Crippen LogP contribution in [0.4, 0.5) is 0 Å². The highest BCUT2D eigenvalue weighted by Gasteiger charge is 2.49. The van der Waals surface area contributed by atoms with Gasteiger partial charge in [0.2, 0.25) is 0 Å². The van der Waals surface area contributed by atoms with E-state index >= 15 is 0 Å². The first-order chi connectivity index (χ1) is 6.80. The summed E-state index contributed by atoms with van der Waals surface area (Å²) in [5.74, 6) is 0.741. The maximum Gasteiger partial charge on any atom is 0.151 e. The molecule has 2 aliphatic heterocycles. The standard InChI is InChI=1S/C11H14N2O/c14-9-5-8-6-11(1-3-12-7-8)2-4-13-10(9)11/h1,3,7-8,10,13H,2,4-6H2. The molecule has 3 heteroatoms. The number of carbonyl (C=O) groups is 1. The van der Waals surface area contributed by atoms with Crippen LogP contribution in [0.3, 0.4) is 0 Å². The van der Waals surface area contributed by atoms with Crippen molar-refractivity contribution in [2.24, 2.45) is 16.3 Å². The lowest BCUT2D eigenvalue weighted by Gasteiger charge is -2.37. The van der Waals surface area contributed by atoms with Crippen LogP contribution in [-0.4, -0.2) is 24.6 Å². The van der Waals surface area contributed by atoms with Gasteiger partial charge in [-0.2, -0.15) is 0 Å². The lowest BCUT2D eigenvalue weighted by Crippen LogP contribution is -2.47. The van der Waals surface area contributed by atoms with Crippen molar-refractivity contribution in [3.63, 3.8) is 0 Å². The van der Waals surface area contributed by atoms with Crippen LogP contribution in [0.25, 0.3) is 0 Å². The van der Waals surface area contributed by atoms with Crippen molar-refractivity contribution in [1.29, 1.82) is 0 Å². The largest absolute Gasteiger partial charge is 0.307 e. The van der Waals surface area contributed by atoms with Crippen molar-refractivity contribution in [2.75, 3.05) is 6.54 Å². The van der Waals surface area contributed by atoms with Gasteiger partial charge in [-0.3, -0.25) is 9.79 Å². The van der Waals surface area contributed by atoms with Gasteiger partial charge in [0.1, 0.15) is 0 Å². The number of nitrogens with zero attached hydrogens (tertiary/aromatic N) is 1. The van der Waals surface area contributed by atoms with Crippen LogP contribution in [0.15, 0.2) is 17.3 Å². The number of nitrogens with one attached hydrogen (secondary N) is 1. The third-order valence-electron chi connectivity index (χ3n) is 3.73. The van der Waals surface area contributed by atoms with Crippen molar-refractivity contribution in [3.8, 4) is 0 Å². The molecule has 3 unspecified atom stereocenters. The molecule has 1 aliphatic carbocycles. The van der Waals surface area contributed by atoms with Gasteiger partial charge in [0, 0.05) is 30.2 Å². The fourth-order valence-electron chi connectivity index (χ4n) is 3.10. The maximum absolute atomic E-state index is 11.9. The fraction of sp³-hybridized carbons (Fsp3) is 0.636. The predicted molar refractivity (Wildman–Crippen MR) is 54.2 cm³/mol. The van der Waals surface area contributed by atoms with Gasteiger partial charge in [0.25, 0.3) is 0 Å². The first-order valence-electron chi connectivity index (χ1n) is 5.27. The maximum atomic E-state index is 11.9. The molecule has 0 aromatic carbocycles. The molecule has 3 rings (SSSR count). The Balaban J connectivity index is 2.05. The number of rotatable bonds is 0. The monoisotopic (exact) mass is 190 g/mol. The molecule has 2 fully saturated rings. The molecule has 3 atom stereocenters. The summed E-state index contributed by atoms with van der Waals surface area (Å²) < 4.78 is 0. The van der Waals surface area contributed by atoms with Crippen molar-refractivity contribution >= 4 is 12.0 Å². The van der Waals surface area contributed by atoms with E-state index in [0.717, 1.165) is 19.4 Å². The Morgan fingerprint density at radius 3 is 3.43 bits per heavy atom. The Kier molecular flexibility index (Phi) is 1.65. The minimum absolute atomic E-state index is 0.0664. The third-order valence-corrected chi connectivity index (χ3v) is 3.73. The van der Waals surface area contributed by atoms with Gasteiger partial charge in [-0.05, 0) is 19.4 Å². The molecule has 0 amide bonds. The molecule has 0 aromatic rings. The molecule has 2 bridgehead atoms. The Bertz CT molecular complexity index is 334. The van der Waals surface area contributed by atoms with Gasteiger partial charge < -0.3 is 5.32 Å². The van der Waals surface area contributed by atoms with Gasteiger partial charge >= 0.3 is 0 Å². The van der Waals surface area contributed by atoms with Crippen LogP contribution < -0.4 is 5.32 Å². The van der Waals surface area contributed by atoms with Crippen LogP contribution in [0, 0.1) is 11.3 Å². The van der Waals surface area contributed by atoms with E-state index in [9.17, 15) is 4.79 Å². The van der Waals surface area contributed by atoms with Crippen LogP contribution >= 0.6 is 0 Å². The van der Waals surface area contributed by atoms with Crippen molar-refractivity contribution in [2.45, 2.75) is 25.3 Å². The van der Waals surface area contributed by atoms with Gasteiger partial charge in [0.05, 0.1) is 6.04 Å².